The zero-order valence-corrected chi connectivity index (χ0v) is 24.5. The summed E-state index contributed by atoms with van der Waals surface area (Å²) in [6.45, 7) is 5.71. The topological polar surface area (TPSA) is 143 Å². The van der Waals surface area contributed by atoms with Gasteiger partial charge in [0.15, 0.2) is 0 Å². The maximum absolute atomic E-state index is 12.2. The van der Waals surface area contributed by atoms with Crippen LogP contribution >= 0.6 is 0 Å². The summed E-state index contributed by atoms with van der Waals surface area (Å²) in [6, 6.07) is -1.08. The predicted octanol–water partition coefficient (Wildman–Crippen LogP) is 4.10. The van der Waals surface area contributed by atoms with E-state index >= 15 is 0 Å². The smallest absolute Gasteiger partial charge is 0.326 e. The normalized spacial score (nSPS) is 11.6. The van der Waals surface area contributed by atoms with Crippen LogP contribution in [0.2, 0.25) is 0 Å². The highest BCUT2D eigenvalue weighted by Gasteiger charge is 2.20. The van der Waals surface area contributed by atoms with Gasteiger partial charge in [0.1, 0.15) is 12.6 Å². The number of ether oxygens (including phenoxy) is 2. The molecule has 0 aromatic carbocycles. The molecule has 4 N–H and O–H groups in total. The van der Waals surface area contributed by atoms with Crippen molar-refractivity contribution in [3.05, 3.63) is 0 Å². The number of hydrogen-bond acceptors (Lipinski definition) is 6. The van der Waals surface area contributed by atoms with Gasteiger partial charge >= 0.3 is 5.97 Å². The maximum Gasteiger partial charge on any atom is 0.326 e. The van der Waals surface area contributed by atoms with Crippen LogP contribution in [0, 0.1) is 0 Å². The molecule has 0 spiro atoms. The fourth-order valence-electron chi connectivity index (χ4n) is 4.09. The summed E-state index contributed by atoms with van der Waals surface area (Å²) < 4.78 is 10.5. The number of carbonyl (C=O) groups excluding carboxylic acids is 3. The van der Waals surface area contributed by atoms with E-state index in [2.05, 4.69) is 22.9 Å². The van der Waals surface area contributed by atoms with Crippen molar-refractivity contribution in [3.63, 3.8) is 0 Å². The van der Waals surface area contributed by atoms with E-state index in [-0.39, 0.29) is 56.9 Å². The molecule has 0 radical (unpaired) electrons. The van der Waals surface area contributed by atoms with E-state index in [1.807, 2.05) is 6.92 Å². The second-order valence-electron chi connectivity index (χ2n) is 9.96. The number of carbonyl (C=O) groups is 4. The number of amides is 3. The SMILES string of the molecule is CCCCCCCCCCCCCCCC(=O)N[C@@H](CCC(=O)NCCOCCOCC(=O)NCC)C(=O)O. The molecule has 39 heavy (non-hydrogen) atoms. The van der Waals surface area contributed by atoms with Crippen molar-refractivity contribution < 1.29 is 33.8 Å². The zero-order valence-electron chi connectivity index (χ0n) is 24.5. The molecule has 3 amide bonds. The van der Waals surface area contributed by atoms with Crippen LogP contribution in [0.1, 0.15) is 117 Å². The van der Waals surface area contributed by atoms with Gasteiger partial charge in [-0.2, -0.15) is 0 Å². The molecule has 0 unspecified atom stereocenters. The molecular weight excluding hydrogens is 502 g/mol. The first-order chi connectivity index (χ1) is 18.9. The number of aliphatic carboxylic acids is 1. The summed E-state index contributed by atoms with van der Waals surface area (Å²) in [7, 11) is 0. The molecule has 0 rings (SSSR count). The average molecular weight is 558 g/mol. The molecule has 0 saturated carbocycles. The van der Waals surface area contributed by atoms with E-state index in [4.69, 9.17) is 9.47 Å². The Bertz CT molecular complexity index is 646. The lowest BCUT2D eigenvalue weighted by molar-refractivity contribution is -0.142. The van der Waals surface area contributed by atoms with Gasteiger partial charge in [-0.3, -0.25) is 14.4 Å². The first-order valence-corrected chi connectivity index (χ1v) is 15.1. The van der Waals surface area contributed by atoms with Gasteiger partial charge in [-0.15, -0.1) is 0 Å². The highest BCUT2D eigenvalue weighted by Crippen LogP contribution is 2.13. The second-order valence-corrected chi connectivity index (χ2v) is 9.96. The van der Waals surface area contributed by atoms with Gasteiger partial charge < -0.3 is 30.5 Å². The fourth-order valence-corrected chi connectivity index (χ4v) is 4.09. The third-order valence-electron chi connectivity index (χ3n) is 6.35. The summed E-state index contributed by atoms with van der Waals surface area (Å²) in [4.78, 5) is 46.9. The van der Waals surface area contributed by atoms with Gasteiger partial charge in [-0.25, -0.2) is 4.79 Å². The van der Waals surface area contributed by atoms with Crippen LogP contribution in [0.4, 0.5) is 0 Å². The number of carboxylic acids is 1. The number of hydrogen-bond donors (Lipinski definition) is 4. The fraction of sp³-hybridized carbons (Fsp3) is 0.862. The van der Waals surface area contributed by atoms with E-state index < -0.39 is 12.0 Å². The summed E-state index contributed by atoms with van der Waals surface area (Å²) >= 11 is 0. The van der Waals surface area contributed by atoms with Crippen molar-refractivity contribution in [2.75, 3.05) is 39.5 Å². The van der Waals surface area contributed by atoms with Gasteiger partial charge in [-0.1, -0.05) is 84.0 Å². The van der Waals surface area contributed by atoms with Gasteiger partial charge in [0.05, 0.1) is 19.8 Å². The average Bonchev–Trinajstić information content (AvgIpc) is 2.90. The Labute approximate surface area is 235 Å². The molecular formula is C29H55N3O7. The Morgan fingerprint density at radius 1 is 0.641 bits per heavy atom. The van der Waals surface area contributed by atoms with Crippen LogP contribution < -0.4 is 16.0 Å². The first kappa shape index (κ1) is 36.8. The first-order valence-electron chi connectivity index (χ1n) is 15.1. The van der Waals surface area contributed by atoms with Gasteiger partial charge in [0.2, 0.25) is 17.7 Å². The number of nitrogens with one attached hydrogen (secondary N) is 3. The summed E-state index contributed by atoms with van der Waals surface area (Å²) in [5.41, 5.74) is 0. The molecule has 0 aliphatic rings. The lowest BCUT2D eigenvalue weighted by Gasteiger charge is -2.14. The summed E-state index contributed by atoms with van der Waals surface area (Å²) in [6.07, 6.45) is 16.2. The van der Waals surface area contributed by atoms with E-state index in [9.17, 15) is 24.3 Å². The minimum absolute atomic E-state index is 0.00830. The Morgan fingerprint density at radius 2 is 1.21 bits per heavy atom. The standard InChI is InChI=1S/C29H55N3O7/c1-3-5-6-7-8-9-10-11-12-13-14-15-16-17-27(34)32-25(29(36)37)18-19-26(33)31-20-21-38-22-23-39-24-28(35)30-4-2/h25H,3-24H2,1-2H3,(H,30,35)(H,31,33)(H,32,34)(H,36,37)/t25-/m0/s1. The van der Waals surface area contributed by atoms with Crippen molar-refractivity contribution in [1.82, 2.24) is 16.0 Å². The Hall–Kier alpha value is -2.20. The van der Waals surface area contributed by atoms with Crippen LogP contribution in [0.3, 0.4) is 0 Å². The number of carboxylic acid groups (broad SMARTS) is 1. The Kier molecular flexibility index (Phi) is 25.8. The summed E-state index contributed by atoms with van der Waals surface area (Å²) in [5.74, 6) is -1.91. The Morgan fingerprint density at radius 3 is 1.77 bits per heavy atom. The van der Waals surface area contributed by atoms with E-state index in [0.29, 0.717) is 19.6 Å². The van der Waals surface area contributed by atoms with Crippen molar-refractivity contribution >= 4 is 23.7 Å². The maximum atomic E-state index is 12.2. The van der Waals surface area contributed by atoms with Gasteiger partial charge in [0, 0.05) is 25.9 Å². The second kappa shape index (κ2) is 27.4. The molecule has 0 aliphatic carbocycles. The number of unbranched alkanes of at least 4 members (excludes halogenated alkanes) is 12. The van der Waals surface area contributed by atoms with E-state index in [1.54, 1.807) is 0 Å². The molecule has 228 valence electrons. The van der Waals surface area contributed by atoms with E-state index in [1.165, 1.54) is 64.2 Å². The molecule has 10 nitrogen and oxygen atoms in total. The molecule has 0 bridgehead atoms. The molecule has 0 aromatic rings. The zero-order chi connectivity index (χ0) is 29.0. The van der Waals surface area contributed by atoms with E-state index in [0.717, 1.165) is 19.3 Å². The minimum Gasteiger partial charge on any atom is -0.480 e. The van der Waals surface area contributed by atoms with Crippen molar-refractivity contribution in [1.29, 1.82) is 0 Å². The monoisotopic (exact) mass is 557 g/mol. The molecule has 0 saturated heterocycles. The quantitative estimate of drug-likeness (QED) is 0.106. The number of likely N-dealkylation sites (N-methyl/N-ethyl adjacent to an activating group) is 1. The highest BCUT2D eigenvalue weighted by atomic mass is 16.5. The van der Waals surface area contributed by atoms with Crippen molar-refractivity contribution in [3.8, 4) is 0 Å². The van der Waals surface area contributed by atoms with Gasteiger partial charge in [0.25, 0.3) is 0 Å². The molecule has 0 fully saturated rings. The summed E-state index contributed by atoms with van der Waals surface area (Å²) in [5, 5.41) is 17.2. The third-order valence-corrected chi connectivity index (χ3v) is 6.35. The van der Waals surface area contributed by atoms with Crippen LogP contribution in [0.5, 0.6) is 0 Å². The Balaban J connectivity index is 3.73. The molecule has 0 aromatic heterocycles. The van der Waals surface area contributed by atoms with Crippen LogP contribution in [0.25, 0.3) is 0 Å². The third kappa shape index (κ3) is 25.8. The largest absolute Gasteiger partial charge is 0.480 e. The minimum atomic E-state index is -1.14. The molecule has 1 atom stereocenters. The number of rotatable bonds is 28. The van der Waals surface area contributed by atoms with Crippen LogP contribution in [0.15, 0.2) is 0 Å². The molecule has 0 heterocycles. The highest BCUT2D eigenvalue weighted by molar-refractivity contribution is 5.84. The van der Waals surface area contributed by atoms with Crippen molar-refractivity contribution in [2.24, 2.45) is 0 Å². The lowest BCUT2D eigenvalue weighted by Crippen LogP contribution is -2.41. The van der Waals surface area contributed by atoms with Gasteiger partial charge in [-0.05, 0) is 19.8 Å². The van der Waals surface area contributed by atoms with Crippen molar-refractivity contribution in [2.45, 2.75) is 123 Å². The van der Waals surface area contributed by atoms with Crippen LogP contribution in [-0.4, -0.2) is 74.4 Å². The predicted molar refractivity (Wildman–Crippen MR) is 152 cm³/mol. The lowest BCUT2D eigenvalue weighted by atomic mass is 10.0. The van der Waals surface area contributed by atoms with Crippen LogP contribution in [-0.2, 0) is 28.7 Å². The molecule has 0 aliphatic heterocycles. The molecule has 10 heteroatoms.